The third-order valence-corrected chi connectivity index (χ3v) is 6.76. The molecule has 0 aliphatic rings. The van der Waals surface area contributed by atoms with Crippen LogP contribution in [0, 0.1) is 5.82 Å². The Morgan fingerprint density at radius 3 is 2.53 bits per heavy atom. The highest BCUT2D eigenvalue weighted by Gasteiger charge is 2.24. The Hall–Kier alpha value is -1.67. The van der Waals surface area contributed by atoms with E-state index >= 15 is 0 Å². The largest absolute Gasteiger partial charge is 0.302 e. The molecule has 3 rings (SSSR count). The zero-order chi connectivity index (χ0) is 20.8. The van der Waals surface area contributed by atoms with Crippen LogP contribution in [-0.4, -0.2) is 47.7 Å². The fraction of sp³-hybridized carbons (Fsp3) is 0.364. The zero-order valence-electron chi connectivity index (χ0n) is 17.4. The van der Waals surface area contributed by atoms with Gasteiger partial charge >= 0.3 is 0 Å². The summed E-state index contributed by atoms with van der Waals surface area (Å²) in [4.78, 5) is 23.2. The van der Waals surface area contributed by atoms with Crippen LogP contribution in [0.4, 0.5) is 9.52 Å². The number of aromatic nitrogens is 1. The molecule has 30 heavy (non-hydrogen) atoms. The van der Waals surface area contributed by atoms with Gasteiger partial charge in [-0.25, -0.2) is 9.37 Å². The topological polar surface area (TPSA) is 36.4 Å². The highest BCUT2D eigenvalue weighted by atomic mass is 35.5. The number of hydrogen-bond donors (Lipinski definition) is 0. The van der Waals surface area contributed by atoms with Crippen molar-refractivity contribution in [1.82, 2.24) is 9.88 Å². The number of likely N-dealkylation sites (N-methyl/N-ethyl adjacent to an activating group) is 1. The molecule has 0 aliphatic carbocycles. The van der Waals surface area contributed by atoms with E-state index in [1.54, 1.807) is 22.7 Å². The highest BCUT2D eigenvalue weighted by molar-refractivity contribution is 7.99. The van der Waals surface area contributed by atoms with E-state index in [1.165, 1.54) is 23.5 Å². The zero-order valence-corrected chi connectivity index (χ0v) is 19.9. The van der Waals surface area contributed by atoms with Crippen LogP contribution in [0.15, 0.2) is 47.4 Å². The van der Waals surface area contributed by atoms with Crippen LogP contribution in [0.3, 0.4) is 0 Å². The van der Waals surface area contributed by atoms with Crippen LogP contribution < -0.4 is 4.90 Å². The molecule has 1 heterocycles. The van der Waals surface area contributed by atoms with Crippen LogP contribution >= 0.6 is 35.5 Å². The van der Waals surface area contributed by atoms with Crippen molar-refractivity contribution in [2.24, 2.45) is 0 Å². The summed E-state index contributed by atoms with van der Waals surface area (Å²) in [5.41, 5.74) is 1.40. The van der Waals surface area contributed by atoms with Gasteiger partial charge in [-0.3, -0.25) is 9.69 Å². The summed E-state index contributed by atoms with van der Waals surface area (Å²) in [5.74, 6) is 0.538. The molecule has 2 aromatic carbocycles. The van der Waals surface area contributed by atoms with Crippen molar-refractivity contribution in [2.75, 3.05) is 36.8 Å². The minimum atomic E-state index is -0.293. The van der Waals surface area contributed by atoms with Crippen molar-refractivity contribution in [3.8, 4) is 0 Å². The van der Waals surface area contributed by atoms with Gasteiger partial charge in [0.1, 0.15) is 5.82 Å². The third kappa shape index (κ3) is 5.72. The van der Waals surface area contributed by atoms with Crippen molar-refractivity contribution in [3.05, 3.63) is 53.8 Å². The number of benzene rings is 2. The van der Waals surface area contributed by atoms with Crippen LogP contribution in [-0.2, 0) is 0 Å². The van der Waals surface area contributed by atoms with E-state index in [0.29, 0.717) is 22.8 Å². The van der Waals surface area contributed by atoms with Gasteiger partial charge in [0.2, 0.25) is 0 Å². The molecule has 0 bridgehead atoms. The lowest BCUT2D eigenvalue weighted by atomic mass is 10.2. The van der Waals surface area contributed by atoms with E-state index < -0.39 is 0 Å². The number of thioether (sulfide) groups is 1. The second-order valence-corrected chi connectivity index (χ2v) is 8.84. The molecule has 162 valence electrons. The summed E-state index contributed by atoms with van der Waals surface area (Å²) >= 11 is 3.02. The monoisotopic (exact) mass is 467 g/mol. The number of thiazole rings is 1. The number of amides is 1. The van der Waals surface area contributed by atoms with Gasteiger partial charge in [-0.05, 0) is 49.2 Å². The van der Waals surface area contributed by atoms with Gasteiger partial charge in [-0.1, -0.05) is 44.2 Å². The Morgan fingerprint density at radius 2 is 1.83 bits per heavy atom. The normalized spacial score (nSPS) is 11.0. The van der Waals surface area contributed by atoms with E-state index in [2.05, 4.69) is 30.7 Å². The van der Waals surface area contributed by atoms with Crippen molar-refractivity contribution in [2.45, 2.75) is 25.7 Å². The molecule has 0 fully saturated rings. The average Bonchev–Trinajstić information content (AvgIpc) is 3.14. The maximum absolute atomic E-state index is 13.6. The molecule has 1 aromatic heterocycles. The Kier molecular flexibility index (Phi) is 9.55. The van der Waals surface area contributed by atoms with E-state index in [0.717, 1.165) is 35.0 Å². The summed E-state index contributed by atoms with van der Waals surface area (Å²) in [5, 5.41) is 0.610. The number of rotatable bonds is 9. The van der Waals surface area contributed by atoms with Gasteiger partial charge in [-0.15, -0.1) is 24.2 Å². The lowest BCUT2D eigenvalue weighted by Crippen LogP contribution is -2.39. The number of carbonyl (C=O) groups is 1. The fourth-order valence-electron chi connectivity index (χ4n) is 3.14. The number of halogens is 2. The molecule has 4 nitrogen and oxygen atoms in total. The summed E-state index contributed by atoms with van der Waals surface area (Å²) in [6.07, 6.45) is 0. The standard InChI is InChI=1S/C22H26FN3OS2.ClH/c1-4-25(5-2)13-14-26(21(27)17-9-7-8-10-19(17)28-6-3)22-24-18-12-11-16(23)15-20(18)29-22;/h7-12,15H,4-6,13-14H2,1-3H3;1H. The number of nitrogens with zero attached hydrogens (tertiary/aromatic N) is 3. The first-order valence-corrected chi connectivity index (χ1v) is 11.7. The summed E-state index contributed by atoms with van der Waals surface area (Å²) in [6, 6.07) is 12.2. The first-order valence-electron chi connectivity index (χ1n) is 9.89. The molecular formula is C22H27ClFN3OS2. The van der Waals surface area contributed by atoms with E-state index in [1.807, 2.05) is 24.3 Å². The molecule has 0 spiro atoms. The van der Waals surface area contributed by atoms with E-state index in [-0.39, 0.29) is 24.1 Å². The first kappa shape index (κ1) is 24.6. The molecule has 8 heteroatoms. The van der Waals surface area contributed by atoms with Gasteiger partial charge in [0.05, 0.1) is 15.8 Å². The second-order valence-electron chi connectivity index (χ2n) is 6.52. The minimum Gasteiger partial charge on any atom is -0.302 e. The van der Waals surface area contributed by atoms with Crippen LogP contribution in [0.25, 0.3) is 10.2 Å². The second kappa shape index (κ2) is 11.6. The quantitative estimate of drug-likeness (QED) is 0.364. The van der Waals surface area contributed by atoms with Gasteiger partial charge in [0, 0.05) is 18.0 Å². The fourth-order valence-corrected chi connectivity index (χ4v) is 4.95. The van der Waals surface area contributed by atoms with Gasteiger partial charge in [-0.2, -0.15) is 0 Å². The SMILES string of the molecule is CCSc1ccccc1C(=O)N(CCN(CC)CC)c1nc2ccc(F)cc2s1.Cl. The van der Waals surface area contributed by atoms with Crippen LogP contribution in [0.5, 0.6) is 0 Å². The Labute approximate surface area is 191 Å². The molecule has 0 unspecified atom stereocenters. The lowest BCUT2D eigenvalue weighted by molar-refractivity contribution is 0.0981. The molecular weight excluding hydrogens is 441 g/mol. The molecule has 0 saturated heterocycles. The van der Waals surface area contributed by atoms with Gasteiger partial charge in [0.25, 0.3) is 5.91 Å². The van der Waals surface area contributed by atoms with E-state index in [4.69, 9.17) is 0 Å². The maximum atomic E-state index is 13.6. The number of anilines is 1. The molecule has 0 radical (unpaired) electrons. The first-order chi connectivity index (χ1) is 14.1. The van der Waals surface area contributed by atoms with Crippen molar-refractivity contribution in [3.63, 3.8) is 0 Å². The Bertz CT molecular complexity index is 978. The number of hydrogen-bond acceptors (Lipinski definition) is 5. The van der Waals surface area contributed by atoms with Crippen LogP contribution in [0.2, 0.25) is 0 Å². The van der Waals surface area contributed by atoms with E-state index in [9.17, 15) is 9.18 Å². The summed E-state index contributed by atoms with van der Waals surface area (Å²) in [7, 11) is 0. The van der Waals surface area contributed by atoms with Gasteiger partial charge < -0.3 is 4.90 Å². The smallest absolute Gasteiger partial charge is 0.261 e. The molecule has 1 amide bonds. The van der Waals surface area contributed by atoms with Crippen LogP contribution in [0.1, 0.15) is 31.1 Å². The Morgan fingerprint density at radius 1 is 1.10 bits per heavy atom. The molecule has 0 aliphatic heterocycles. The van der Waals surface area contributed by atoms with Crippen molar-refractivity contribution in [1.29, 1.82) is 0 Å². The molecule has 0 saturated carbocycles. The van der Waals surface area contributed by atoms with Crippen molar-refractivity contribution < 1.29 is 9.18 Å². The number of fused-ring (bicyclic) bond motifs is 1. The lowest BCUT2D eigenvalue weighted by Gasteiger charge is -2.25. The van der Waals surface area contributed by atoms with Crippen molar-refractivity contribution >= 4 is 56.8 Å². The predicted molar refractivity (Wildman–Crippen MR) is 129 cm³/mol. The summed E-state index contributed by atoms with van der Waals surface area (Å²) < 4.78 is 14.4. The average molecular weight is 468 g/mol. The Balaban J connectivity index is 0.00000320. The molecule has 0 atom stereocenters. The molecule has 0 N–H and O–H groups in total. The third-order valence-electron chi connectivity index (χ3n) is 4.77. The van der Waals surface area contributed by atoms with Gasteiger partial charge in [0.15, 0.2) is 5.13 Å². The maximum Gasteiger partial charge on any atom is 0.261 e. The molecule has 3 aromatic rings. The minimum absolute atomic E-state index is 0. The highest BCUT2D eigenvalue weighted by Crippen LogP contribution is 2.32. The summed E-state index contributed by atoms with van der Waals surface area (Å²) in [6.45, 7) is 9.44. The predicted octanol–water partition coefficient (Wildman–Crippen LogP) is 5.96. The number of carbonyl (C=O) groups excluding carboxylic acids is 1.